The van der Waals surface area contributed by atoms with E-state index in [2.05, 4.69) is 22.8 Å². The van der Waals surface area contributed by atoms with Crippen LogP contribution in [0.2, 0.25) is 0 Å². The highest BCUT2D eigenvalue weighted by molar-refractivity contribution is 8.00. The molecular formula is C13H18N2OS. The third kappa shape index (κ3) is 3.48. The fourth-order valence-corrected chi connectivity index (χ4v) is 2.77. The summed E-state index contributed by atoms with van der Waals surface area (Å²) in [5.74, 6) is 0.639. The molecule has 1 heterocycles. The summed E-state index contributed by atoms with van der Waals surface area (Å²) < 4.78 is 0. The fourth-order valence-electron chi connectivity index (χ4n) is 1.91. The maximum atomic E-state index is 11.2. The number of anilines is 1. The van der Waals surface area contributed by atoms with Gasteiger partial charge in [0.05, 0.1) is 11.4 Å². The molecule has 0 unspecified atom stereocenters. The van der Waals surface area contributed by atoms with Crippen molar-refractivity contribution in [3.8, 4) is 0 Å². The van der Waals surface area contributed by atoms with Gasteiger partial charge in [0.1, 0.15) is 0 Å². The number of carbonyl (C=O) groups excluding carboxylic acids is 1. The summed E-state index contributed by atoms with van der Waals surface area (Å²) in [5, 5.41) is 6.05. The lowest BCUT2D eigenvalue weighted by Gasteiger charge is -2.17. The van der Waals surface area contributed by atoms with E-state index < -0.39 is 0 Å². The van der Waals surface area contributed by atoms with E-state index in [1.54, 1.807) is 11.8 Å². The van der Waals surface area contributed by atoms with Crippen LogP contribution in [0.4, 0.5) is 5.69 Å². The minimum atomic E-state index is 0.101. The van der Waals surface area contributed by atoms with Crippen LogP contribution in [0.25, 0.3) is 0 Å². The van der Waals surface area contributed by atoms with Crippen molar-refractivity contribution in [1.29, 1.82) is 0 Å². The number of carbonyl (C=O) groups is 1. The van der Waals surface area contributed by atoms with E-state index in [1.807, 2.05) is 13.1 Å². The number of aryl methyl sites for hydroxylation is 1. The molecule has 0 fully saturated rings. The molecule has 1 aromatic carbocycles. The molecule has 0 saturated heterocycles. The van der Waals surface area contributed by atoms with Crippen molar-refractivity contribution < 1.29 is 4.79 Å². The Morgan fingerprint density at radius 1 is 1.41 bits per heavy atom. The van der Waals surface area contributed by atoms with Gasteiger partial charge in [0.15, 0.2) is 0 Å². The van der Waals surface area contributed by atoms with Gasteiger partial charge >= 0.3 is 0 Å². The molecule has 3 nitrogen and oxygen atoms in total. The van der Waals surface area contributed by atoms with Crippen molar-refractivity contribution >= 4 is 23.4 Å². The first kappa shape index (κ1) is 12.5. The average Bonchev–Trinajstić information content (AvgIpc) is 2.35. The van der Waals surface area contributed by atoms with E-state index >= 15 is 0 Å². The molecule has 1 aromatic rings. The molecule has 0 aromatic heterocycles. The van der Waals surface area contributed by atoms with Crippen LogP contribution in [-0.2, 0) is 11.2 Å². The van der Waals surface area contributed by atoms with Crippen molar-refractivity contribution in [2.45, 2.75) is 24.2 Å². The average molecular weight is 250 g/mol. The second kappa shape index (κ2) is 6.07. The summed E-state index contributed by atoms with van der Waals surface area (Å²) in [6.45, 7) is 1.08. The maximum Gasteiger partial charge on any atom is 0.234 e. The van der Waals surface area contributed by atoms with Gasteiger partial charge < -0.3 is 10.6 Å². The summed E-state index contributed by atoms with van der Waals surface area (Å²) in [7, 11) is 1.98. The van der Waals surface area contributed by atoms with Gasteiger partial charge in [-0.25, -0.2) is 0 Å². The molecule has 2 N–H and O–H groups in total. The molecule has 2 rings (SSSR count). The van der Waals surface area contributed by atoms with E-state index in [0.29, 0.717) is 5.75 Å². The van der Waals surface area contributed by atoms with Crippen LogP contribution in [0.1, 0.15) is 18.4 Å². The number of benzene rings is 1. The number of hydrogen-bond acceptors (Lipinski definition) is 3. The van der Waals surface area contributed by atoms with Gasteiger partial charge in [-0.3, -0.25) is 4.79 Å². The first-order chi connectivity index (χ1) is 8.29. The van der Waals surface area contributed by atoms with Crippen LogP contribution in [0.5, 0.6) is 0 Å². The van der Waals surface area contributed by atoms with E-state index in [4.69, 9.17) is 0 Å². The molecule has 1 amide bonds. The van der Waals surface area contributed by atoms with Gasteiger partial charge in [-0.15, -0.1) is 11.8 Å². The van der Waals surface area contributed by atoms with Gasteiger partial charge in [-0.1, -0.05) is 6.07 Å². The Labute approximate surface area is 106 Å². The second-order valence-electron chi connectivity index (χ2n) is 4.23. The molecule has 0 radical (unpaired) electrons. The maximum absolute atomic E-state index is 11.2. The van der Waals surface area contributed by atoms with Gasteiger partial charge in [0, 0.05) is 4.90 Å². The van der Waals surface area contributed by atoms with E-state index in [0.717, 1.165) is 18.7 Å². The number of unbranched alkanes of at least 4 members (excludes halogenated alkanes) is 1. The Hall–Kier alpha value is -1.00. The molecule has 0 aliphatic carbocycles. The molecular weight excluding hydrogens is 232 g/mol. The smallest absolute Gasteiger partial charge is 0.234 e. The number of amides is 1. The number of rotatable bonds is 5. The van der Waals surface area contributed by atoms with Crippen LogP contribution < -0.4 is 10.6 Å². The molecule has 92 valence electrons. The summed E-state index contributed by atoms with van der Waals surface area (Å²) in [6, 6.07) is 6.34. The quantitative estimate of drug-likeness (QED) is 0.788. The third-order valence-electron chi connectivity index (χ3n) is 2.82. The zero-order valence-corrected chi connectivity index (χ0v) is 10.9. The highest BCUT2D eigenvalue weighted by atomic mass is 32.2. The van der Waals surface area contributed by atoms with Crippen molar-refractivity contribution in [2.24, 2.45) is 0 Å². The first-order valence-corrected chi connectivity index (χ1v) is 6.98. The monoisotopic (exact) mass is 250 g/mol. The predicted molar refractivity (Wildman–Crippen MR) is 72.7 cm³/mol. The Balaban J connectivity index is 1.94. The lowest BCUT2D eigenvalue weighted by Crippen LogP contribution is -2.18. The molecule has 1 aliphatic rings. The minimum absolute atomic E-state index is 0.101. The molecule has 0 bridgehead atoms. The van der Waals surface area contributed by atoms with Crippen LogP contribution in [0.15, 0.2) is 23.1 Å². The molecule has 1 aliphatic heterocycles. The molecule has 0 atom stereocenters. The van der Waals surface area contributed by atoms with E-state index in [1.165, 1.54) is 23.3 Å². The highest BCUT2D eigenvalue weighted by Gasteiger charge is 2.14. The summed E-state index contributed by atoms with van der Waals surface area (Å²) in [5.41, 5.74) is 2.33. The normalized spacial score (nSPS) is 14.3. The standard InChI is InChI=1S/C13H18N2OS/c1-14-7-3-2-4-10-5-6-11-12(8-10)17-9-13(16)15-11/h5-6,8,14H,2-4,7,9H2,1H3,(H,15,16). The topological polar surface area (TPSA) is 41.1 Å². The van der Waals surface area contributed by atoms with Crippen LogP contribution in [-0.4, -0.2) is 25.3 Å². The lowest BCUT2D eigenvalue weighted by molar-refractivity contribution is -0.113. The number of thioether (sulfide) groups is 1. The predicted octanol–water partition coefficient (Wildman–Crippen LogP) is 2.27. The van der Waals surface area contributed by atoms with Crippen molar-refractivity contribution in [1.82, 2.24) is 5.32 Å². The third-order valence-corrected chi connectivity index (χ3v) is 3.88. The molecule has 4 heteroatoms. The lowest BCUT2D eigenvalue weighted by atomic mass is 10.1. The van der Waals surface area contributed by atoms with E-state index in [-0.39, 0.29) is 5.91 Å². The highest BCUT2D eigenvalue weighted by Crippen LogP contribution is 2.32. The first-order valence-electron chi connectivity index (χ1n) is 6.00. The van der Waals surface area contributed by atoms with Gasteiger partial charge in [0.25, 0.3) is 0 Å². The molecule has 17 heavy (non-hydrogen) atoms. The second-order valence-corrected chi connectivity index (χ2v) is 5.25. The number of hydrogen-bond donors (Lipinski definition) is 2. The number of fused-ring (bicyclic) bond motifs is 1. The fraction of sp³-hybridized carbons (Fsp3) is 0.462. The molecule has 0 saturated carbocycles. The van der Waals surface area contributed by atoms with Crippen LogP contribution >= 0.6 is 11.8 Å². The summed E-state index contributed by atoms with van der Waals surface area (Å²) in [6.07, 6.45) is 3.53. The Morgan fingerprint density at radius 2 is 2.29 bits per heavy atom. The van der Waals surface area contributed by atoms with Gasteiger partial charge in [0.2, 0.25) is 5.91 Å². The van der Waals surface area contributed by atoms with Gasteiger partial charge in [-0.2, -0.15) is 0 Å². The zero-order chi connectivity index (χ0) is 12.1. The molecule has 0 spiro atoms. The largest absolute Gasteiger partial charge is 0.324 e. The Morgan fingerprint density at radius 3 is 3.12 bits per heavy atom. The minimum Gasteiger partial charge on any atom is -0.324 e. The number of nitrogens with one attached hydrogen (secondary N) is 2. The Kier molecular flexibility index (Phi) is 4.45. The van der Waals surface area contributed by atoms with E-state index in [9.17, 15) is 4.79 Å². The summed E-state index contributed by atoms with van der Waals surface area (Å²) in [4.78, 5) is 12.4. The van der Waals surface area contributed by atoms with Crippen molar-refractivity contribution in [2.75, 3.05) is 24.7 Å². The Bertz CT molecular complexity index is 406. The zero-order valence-electron chi connectivity index (χ0n) is 10.1. The van der Waals surface area contributed by atoms with Gasteiger partial charge in [-0.05, 0) is 50.6 Å². The van der Waals surface area contributed by atoms with Crippen molar-refractivity contribution in [3.63, 3.8) is 0 Å². The van der Waals surface area contributed by atoms with Crippen LogP contribution in [0, 0.1) is 0 Å². The summed E-state index contributed by atoms with van der Waals surface area (Å²) >= 11 is 1.63. The SMILES string of the molecule is CNCCCCc1ccc2c(c1)SCC(=O)N2. The van der Waals surface area contributed by atoms with Crippen LogP contribution in [0.3, 0.4) is 0 Å². The van der Waals surface area contributed by atoms with Crippen molar-refractivity contribution in [3.05, 3.63) is 23.8 Å².